The number of phenolic OH excluding ortho intramolecular Hbond substituents is 2. The largest absolute Gasteiger partial charge is 0.507 e. The van der Waals surface area contributed by atoms with Gasteiger partial charge in [0.05, 0.1) is 15.8 Å². The van der Waals surface area contributed by atoms with E-state index in [2.05, 4.69) is 4.98 Å². The zero-order chi connectivity index (χ0) is 12.7. The van der Waals surface area contributed by atoms with Gasteiger partial charge in [-0.05, 0) is 36.8 Å². The molecule has 0 aliphatic rings. The van der Waals surface area contributed by atoms with Gasteiger partial charge in [-0.25, -0.2) is 4.98 Å². The van der Waals surface area contributed by atoms with Crippen molar-refractivity contribution in [2.24, 2.45) is 0 Å². The molecular formula is C14H11NO2S. The van der Waals surface area contributed by atoms with Gasteiger partial charge in [-0.2, -0.15) is 0 Å². The molecule has 0 amide bonds. The molecule has 0 radical (unpaired) electrons. The number of aromatic nitrogens is 1. The molecule has 1 heterocycles. The van der Waals surface area contributed by atoms with Gasteiger partial charge in [0.25, 0.3) is 0 Å². The third-order valence-corrected chi connectivity index (χ3v) is 3.81. The number of hydrogen-bond acceptors (Lipinski definition) is 4. The van der Waals surface area contributed by atoms with Gasteiger partial charge < -0.3 is 10.2 Å². The summed E-state index contributed by atoms with van der Waals surface area (Å²) in [5.41, 5.74) is 2.44. The van der Waals surface area contributed by atoms with E-state index in [1.807, 2.05) is 25.1 Å². The van der Waals surface area contributed by atoms with Gasteiger partial charge in [0.1, 0.15) is 16.5 Å². The molecule has 3 rings (SSSR count). The molecule has 1 aromatic heterocycles. The summed E-state index contributed by atoms with van der Waals surface area (Å²) < 4.78 is 1.05. The van der Waals surface area contributed by atoms with Gasteiger partial charge in [0.2, 0.25) is 0 Å². The van der Waals surface area contributed by atoms with E-state index in [-0.39, 0.29) is 11.5 Å². The molecule has 4 heteroatoms. The SMILES string of the molecule is Cc1ccc2nc(-c3c(O)cccc3O)sc2c1. The maximum absolute atomic E-state index is 9.83. The number of fused-ring (bicyclic) bond motifs is 1. The summed E-state index contributed by atoms with van der Waals surface area (Å²) in [5.74, 6) is 0.0940. The Hall–Kier alpha value is -2.07. The molecule has 90 valence electrons. The van der Waals surface area contributed by atoms with Gasteiger partial charge in [0.15, 0.2) is 0 Å². The highest BCUT2D eigenvalue weighted by Crippen LogP contribution is 2.40. The number of phenols is 2. The normalized spacial score (nSPS) is 10.9. The fraction of sp³-hybridized carbons (Fsp3) is 0.0714. The smallest absolute Gasteiger partial charge is 0.132 e. The number of thiazole rings is 1. The number of nitrogens with zero attached hydrogens (tertiary/aromatic N) is 1. The first-order chi connectivity index (χ1) is 8.65. The summed E-state index contributed by atoms with van der Waals surface area (Å²) in [5, 5.41) is 20.3. The highest BCUT2D eigenvalue weighted by Gasteiger charge is 2.14. The second kappa shape index (κ2) is 3.99. The van der Waals surface area contributed by atoms with Crippen LogP contribution in [-0.4, -0.2) is 15.2 Å². The van der Waals surface area contributed by atoms with E-state index in [1.165, 1.54) is 16.9 Å². The van der Waals surface area contributed by atoms with Crippen LogP contribution in [0.2, 0.25) is 0 Å². The van der Waals surface area contributed by atoms with E-state index in [9.17, 15) is 10.2 Å². The molecule has 2 aromatic carbocycles. The van der Waals surface area contributed by atoms with Crippen LogP contribution >= 0.6 is 11.3 Å². The molecule has 3 nitrogen and oxygen atoms in total. The summed E-state index contributed by atoms with van der Waals surface area (Å²) >= 11 is 1.46. The maximum Gasteiger partial charge on any atom is 0.132 e. The van der Waals surface area contributed by atoms with Crippen molar-refractivity contribution >= 4 is 21.6 Å². The van der Waals surface area contributed by atoms with Crippen molar-refractivity contribution in [1.29, 1.82) is 0 Å². The molecule has 0 aliphatic carbocycles. The molecular weight excluding hydrogens is 246 g/mol. The van der Waals surface area contributed by atoms with E-state index in [4.69, 9.17) is 0 Å². The molecule has 0 aliphatic heterocycles. The average Bonchev–Trinajstić information content (AvgIpc) is 2.71. The molecule has 2 N–H and O–H groups in total. The molecule has 18 heavy (non-hydrogen) atoms. The minimum absolute atomic E-state index is 0.0470. The lowest BCUT2D eigenvalue weighted by molar-refractivity contribution is 0.454. The van der Waals surface area contributed by atoms with Crippen LogP contribution in [0.5, 0.6) is 11.5 Å². The third-order valence-electron chi connectivity index (χ3n) is 2.78. The fourth-order valence-corrected chi connectivity index (χ4v) is 3.01. The van der Waals surface area contributed by atoms with E-state index in [1.54, 1.807) is 18.2 Å². The lowest BCUT2D eigenvalue weighted by Crippen LogP contribution is -1.79. The van der Waals surface area contributed by atoms with Gasteiger partial charge in [-0.1, -0.05) is 12.1 Å². The lowest BCUT2D eigenvalue weighted by atomic mass is 10.2. The summed E-state index contributed by atoms with van der Waals surface area (Å²) in [6.45, 7) is 2.02. The number of rotatable bonds is 1. The molecule has 0 unspecified atom stereocenters. The number of aryl methyl sites for hydroxylation is 1. The zero-order valence-electron chi connectivity index (χ0n) is 9.71. The van der Waals surface area contributed by atoms with Crippen molar-refractivity contribution in [2.75, 3.05) is 0 Å². The summed E-state index contributed by atoms with van der Waals surface area (Å²) in [7, 11) is 0. The van der Waals surface area contributed by atoms with Crippen LogP contribution in [0, 0.1) is 6.92 Å². The van der Waals surface area contributed by atoms with Crippen molar-refractivity contribution in [3.05, 3.63) is 42.0 Å². The van der Waals surface area contributed by atoms with E-state index < -0.39 is 0 Å². The summed E-state index contributed by atoms with van der Waals surface area (Å²) in [6.07, 6.45) is 0. The number of aromatic hydroxyl groups is 2. The Morgan fingerprint density at radius 2 is 1.78 bits per heavy atom. The molecule has 0 saturated carbocycles. The van der Waals surface area contributed by atoms with Crippen LogP contribution in [0.1, 0.15) is 5.56 Å². The van der Waals surface area contributed by atoms with Crippen LogP contribution in [0.15, 0.2) is 36.4 Å². The van der Waals surface area contributed by atoms with Crippen LogP contribution in [0.3, 0.4) is 0 Å². The van der Waals surface area contributed by atoms with Crippen LogP contribution in [-0.2, 0) is 0 Å². The van der Waals surface area contributed by atoms with Crippen LogP contribution in [0.25, 0.3) is 20.8 Å². The Kier molecular flexibility index (Phi) is 2.45. The average molecular weight is 257 g/mol. The van der Waals surface area contributed by atoms with Gasteiger partial charge in [-0.15, -0.1) is 11.3 Å². The minimum Gasteiger partial charge on any atom is -0.507 e. The van der Waals surface area contributed by atoms with Crippen LogP contribution < -0.4 is 0 Å². The molecule has 0 bridgehead atoms. The van der Waals surface area contributed by atoms with Crippen molar-refractivity contribution < 1.29 is 10.2 Å². The first-order valence-corrected chi connectivity index (χ1v) is 6.35. The van der Waals surface area contributed by atoms with Gasteiger partial charge in [-0.3, -0.25) is 0 Å². The predicted molar refractivity (Wildman–Crippen MR) is 73.1 cm³/mol. The first-order valence-electron chi connectivity index (χ1n) is 5.53. The molecule has 0 spiro atoms. The molecule has 0 fully saturated rings. The first kappa shape index (κ1) is 11.0. The van der Waals surface area contributed by atoms with E-state index in [0.717, 1.165) is 10.2 Å². The maximum atomic E-state index is 9.83. The number of hydrogen-bond donors (Lipinski definition) is 2. The van der Waals surface area contributed by atoms with Gasteiger partial charge in [0, 0.05) is 0 Å². The Morgan fingerprint density at radius 3 is 2.50 bits per heavy atom. The Morgan fingerprint density at radius 1 is 1.06 bits per heavy atom. The molecule has 0 saturated heterocycles. The fourth-order valence-electron chi connectivity index (χ4n) is 1.89. The Bertz CT molecular complexity index is 713. The van der Waals surface area contributed by atoms with E-state index in [0.29, 0.717) is 10.6 Å². The van der Waals surface area contributed by atoms with Crippen molar-refractivity contribution in [2.45, 2.75) is 6.92 Å². The zero-order valence-corrected chi connectivity index (χ0v) is 10.5. The highest BCUT2D eigenvalue weighted by atomic mass is 32.1. The predicted octanol–water partition coefficient (Wildman–Crippen LogP) is 3.68. The van der Waals surface area contributed by atoms with Crippen molar-refractivity contribution in [3.8, 4) is 22.1 Å². The third kappa shape index (κ3) is 1.71. The summed E-state index contributed by atoms with van der Waals surface area (Å²) in [4.78, 5) is 4.44. The second-order valence-electron chi connectivity index (χ2n) is 4.16. The topological polar surface area (TPSA) is 53.4 Å². The van der Waals surface area contributed by atoms with Crippen molar-refractivity contribution in [1.82, 2.24) is 4.98 Å². The monoisotopic (exact) mass is 257 g/mol. The Labute approximate surface area is 108 Å². The Balaban J connectivity index is 2.26. The minimum atomic E-state index is 0.0470. The molecule has 3 aromatic rings. The highest BCUT2D eigenvalue weighted by molar-refractivity contribution is 7.21. The molecule has 0 atom stereocenters. The summed E-state index contributed by atoms with van der Waals surface area (Å²) in [6, 6.07) is 10.7. The van der Waals surface area contributed by atoms with Crippen LogP contribution in [0.4, 0.5) is 0 Å². The second-order valence-corrected chi connectivity index (χ2v) is 5.19. The standard InChI is InChI=1S/C14H11NO2S/c1-8-5-6-9-12(7-8)18-14(15-9)13-10(16)3-2-4-11(13)17/h2-7,16-17H,1H3. The lowest BCUT2D eigenvalue weighted by Gasteiger charge is -2.02. The quantitative estimate of drug-likeness (QED) is 0.699. The van der Waals surface area contributed by atoms with Gasteiger partial charge >= 0.3 is 0 Å². The number of benzene rings is 2. The van der Waals surface area contributed by atoms with E-state index >= 15 is 0 Å². The van der Waals surface area contributed by atoms with Crippen molar-refractivity contribution in [3.63, 3.8) is 0 Å².